The van der Waals surface area contributed by atoms with Gasteiger partial charge < -0.3 is 15.0 Å². The van der Waals surface area contributed by atoms with E-state index in [9.17, 15) is 9.59 Å². The summed E-state index contributed by atoms with van der Waals surface area (Å²) >= 11 is 6.04. The van der Waals surface area contributed by atoms with Crippen LogP contribution in [0.5, 0.6) is 5.75 Å². The molecule has 0 radical (unpaired) electrons. The van der Waals surface area contributed by atoms with E-state index in [1.54, 1.807) is 30.3 Å². The van der Waals surface area contributed by atoms with Crippen molar-refractivity contribution in [2.45, 2.75) is 13.3 Å². The number of carbonyl (C=O) groups is 2. The summed E-state index contributed by atoms with van der Waals surface area (Å²) in [6, 6.07) is 10.4. The van der Waals surface area contributed by atoms with E-state index in [0.717, 1.165) is 5.69 Å². The Morgan fingerprint density at radius 1 is 1.16 bits per heavy atom. The predicted molar refractivity (Wildman–Crippen MR) is 101 cm³/mol. The first kappa shape index (κ1) is 18.8. The third-order valence-electron chi connectivity index (χ3n) is 3.75. The summed E-state index contributed by atoms with van der Waals surface area (Å²) in [6.07, 6.45) is 0.0870. The van der Waals surface area contributed by atoms with Crippen LogP contribution in [-0.2, 0) is 11.2 Å². The number of rotatable bonds is 6. The van der Waals surface area contributed by atoms with E-state index in [2.05, 4.69) is 5.32 Å². The topological polar surface area (TPSA) is 58.6 Å². The van der Waals surface area contributed by atoms with Crippen molar-refractivity contribution in [2.75, 3.05) is 31.4 Å². The van der Waals surface area contributed by atoms with E-state index < -0.39 is 0 Å². The minimum Gasteiger partial charge on any atom is -0.496 e. The Labute approximate surface area is 152 Å². The molecule has 25 heavy (non-hydrogen) atoms. The largest absolute Gasteiger partial charge is 0.496 e. The number of nitrogens with one attached hydrogen (secondary N) is 1. The first-order valence-electron chi connectivity index (χ1n) is 7.76. The van der Waals surface area contributed by atoms with E-state index >= 15 is 0 Å². The number of Topliss-reactive ketones (excluding diaryl/α,β-unsaturated/α-hetero) is 1. The maximum atomic E-state index is 12.5. The highest BCUT2D eigenvalue weighted by molar-refractivity contribution is 6.31. The maximum Gasteiger partial charge on any atom is 0.228 e. The van der Waals surface area contributed by atoms with Gasteiger partial charge in [-0.25, -0.2) is 0 Å². The molecule has 0 saturated carbocycles. The molecule has 0 heterocycles. The molecule has 1 amide bonds. The number of nitrogens with zero attached hydrogens (tertiary/aromatic N) is 1. The minimum absolute atomic E-state index is 0.0611. The summed E-state index contributed by atoms with van der Waals surface area (Å²) in [5.74, 6) is 0.289. The number of carbonyl (C=O) groups excluding carboxylic acids is 2. The highest BCUT2D eigenvalue weighted by atomic mass is 35.5. The van der Waals surface area contributed by atoms with Crippen molar-refractivity contribution in [3.05, 3.63) is 52.5 Å². The standard InChI is InChI=1S/C19H21ClN2O3/c1-12(23)13-5-8-18(25-4)14(9-13)10-19(24)21-16-11-15(20)6-7-17(16)22(2)3/h5-9,11H,10H2,1-4H3,(H,21,24). The number of amides is 1. The average Bonchev–Trinajstić information content (AvgIpc) is 2.54. The highest BCUT2D eigenvalue weighted by Gasteiger charge is 2.14. The van der Waals surface area contributed by atoms with Gasteiger partial charge in [0.25, 0.3) is 0 Å². The fourth-order valence-electron chi connectivity index (χ4n) is 2.50. The van der Waals surface area contributed by atoms with E-state index in [1.165, 1.54) is 14.0 Å². The highest BCUT2D eigenvalue weighted by Crippen LogP contribution is 2.28. The molecule has 0 aliphatic rings. The van der Waals surface area contributed by atoms with Crippen LogP contribution in [0.1, 0.15) is 22.8 Å². The Kier molecular flexibility index (Phi) is 6.04. The number of anilines is 2. The summed E-state index contributed by atoms with van der Waals surface area (Å²) in [5.41, 5.74) is 2.67. The van der Waals surface area contributed by atoms with Crippen LogP contribution in [-0.4, -0.2) is 32.9 Å². The predicted octanol–water partition coefficient (Wildman–Crippen LogP) is 3.80. The summed E-state index contributed by atoms with van der Waals surface area (Å²) < 4.78 is 5.29. The van der Waals surface area contributed by atoms with Crippen LogP contribution in [0.15, 0.2) is 36.4 Å². The Hall–Kier alpha value is -2.53. The fourth-order valence-corrected chi connectivity index (χ4v) is 2.67. The van der Waals surface area contributed by atoms with Crippen LogP contribution in [0, 0.1) is 0 Å². The lowest BCUT2D eigenvalue weighted by Gasteiger charge is -2.18. The normalized spacial score (nSPS) is 10.3. The minimum atomic E-state index is -0.218. The number of methoxy groups -OCH3 is 1. The molecule has 2 aromatic rings. The van der Waals surface area contributed by atoms with Crippen molar-refractivity contribution in [3.63, 3.8) is 0 Å². The third kappa shape index (κ3) is 4.73. The molecule has 0 atom stereocenters. The van der Waals surface area contributed by atoms with Crippen molar-refractivity contribution < 1.29 is 14.3 Å². The van der Waals surface area contributed by atoms with E-state index in [0.29, 0.717) is 27.6 Å². The van der Waals surface area contributed by atoms with Crippen molar-refractivity contribution in [1.82, 2.24) is 0 Å². The van der Waals surface area contributed by atoms with Crippen molar-refractivity contribution in [3.8, 4) is 5.75 Å². The second kappa shape index (κ2) is 8.03. The van der Waals surface area contributed by atoms with Gasteiger partial charge in [0.1, 0.15) is 5.75 Å². The quantitative estimate of drug-likeness (QED) is 0.796. The molecule has 0 spiro atoms. The molecular formula is C19H21ClN2O3. The summed E-state index contributed by atoms with van der Waals surface area (Å²) in [5, 5.41) is 3.41. The Morgan fingerprint density at radius 2 is 1.88 bits per heavy atom. The molecule has 5 nitrogen and oxygen atoms in total. The van der Waals surface area contributed by atoms with Gasteiger partial charge in [-0.05, 0) is 43.3 Å². The zero-order valence-corrected chi connectivity index (χ0v) is 15.5. The van der Waals surface area contributed by atoms with Crippen LogP contribution < -0.4 is 15.0 Å². The molecule has 0 aliphatic heterocycles. The van der Waals surface area contributed by atoms with Crippen molar-refractivity contribution in [2.24, 2.45) is 0 Å². The van der Waals surface area contributed by atoms with Gasteiger partial charge in [0.15, 0.2) is 5.78 Å². The zero-order valence-electron chi connectivity index (χ0n) is 14.7. The monoisotopic (exact) mass is 360 g/mol. The third-order valence-corrected chi connectivity index (χ3v) is 3.99. The number of ether oxygens (including phenoxy) is 1. The van der Waals surface area contributed by atoms with Gasteiger partial charge in [-0.1, -0.05) is 11.6 Å². The first-order chi connectivity index (χ1) is 11.8. The van der Waals surface area contributed by atoms with Crippen LogP contribution in [0.2, 0.25) is 5.02 Å². The molecule has 0 unspecified atom stereocenters. The lowest BCUT2D eigenvalue weighted by Crippen LogP contribution is -2.18. The van der Waals surface area contributed by atoms with Gasteiger partial charge in [0.2, 0.25) is 5.91 Å². The number of ketones is 1. The van der Waals surface area contributed by atoms with Gasteiger partial charge in [0, 0.05) is 30.2 Å². The van der Waals surface area contributed by atoms with Crippen molar-refractivity contribution >= 4 is 34.7 Å². The summed E-state index contributed by atoms with van der Waals surface area (Å²) in [6.45, 7) is 1.49. The average molecular weight is 361 g/mol. The van der Waals surface area contributed by atoms with Gasteiger partial charge in [-0.3, -0.25) is 9.59 Å². The molecule has 0 bridgehead atoms. The number of benzene rings is 2. The molecule has 2 aromatic carbocycles. The van der Waals surface area contributed by atoms with Gasteiger partial charge in [0.05, 0.1) is 24.9 Å². The number of halogens is 1. The Balaban J connectivity index is 2.25. The van der Waals surface area contributed by atoms with Gasteiger partial charge in [-0.15, -0.1) is 0 Å². The summed E-state index contributed by atoms with van der Waals surface area (Å²) in [4.78, 5) is 26.0. The lowest BCUT2D eigenvalue weighted by atomic mass is 10.0. The van der Waals surface area contributed by atoms with Gasteiger partial charge in [-0.2, -0.15) is 0 Å². The van der Waals surface area contributed by atoms with E-state index in [4.69, 9.17) is 16.3 Å². The Morgan fingerprint density at radius 3 is 2.48 bits per heavy atom. The fraction of sp³-hybridized carbons (Fsp3) is 0.263. The summed E-state index contributed by atoms with van der Waals surface area (Å²) in [7, 11) is 5.31. The molecule has 6 heteroatoms. The zero-order chi connectivity index (χ0) is 18.6. The number of hydrogen-bond acceptors (Lipinski definition) is 4. The second-order valence-electron chi connectivity index (χ2n) is 5.86. The molecule has 132 valence electrons. The van der Waals surface area contributed by atoms with E-state index in [-0.39, 0.29) is 18.1 Å². The van der Waals surface area contributed by atoms with Crippen LogP contribution >= 0.6 is 11.6 Å². The van der Waals surface area contributed by atoms with Crippen LogP contribution in [0.4, 0.5) is 11.4 Å². The lowest BCUT2D eigenvalue weighted by molar-refractivity contribution is -0.115. The number of hydrogen-bond donors (Lipinski definition) is 1. The molecular weight excluding hydrogens is 340 g/mol. The molecule has 2 rings (SSSR count). The second-order valence-corrected chi connectivity index (χ2v) is 6.30. The molecule has 1 N–H and O–H groups in total. The molecule has 0 aliphatic carbocycles. The Bertz CT molecular complexity index is 803. The molecule has 0 saturated heterocycles. The smallest absolute Gasteiger partial charge is 0.228 e. The van der Waals surface area contributed by atoms with Crippen molar-refractivity contribution in [1.29, 1.82) is 0 Å². The van der Waals surface area contributed by atoms with Crippen LogP contribution in [0.3, 0.4) is 0 Å². The SMILES string of the molecule is COc1ccc(C(C)=O)cc1CC(=O)Nc1cc(Cl)ccc1N(C)C. The molecule has 0 fully saturated rings. The van der Waals surface area contributed by atoms with E-state index in [1.807, 2.05) is 25.1 Å². The van der Waals surface area contributed by atoms with Crippen LogP contribution in [0.25, 0.3) is 0 Å². The first-order valence-corrected chi connectivity index (χ1v) is 8.14. The molecule has 0 aromatic heterocycles. The maximum absolute atomic E-state index is 12.5. The van der Waals surface area contributed by atoms with Gasteiger partial charge >= 0.3 is 0 Å².